The SMILES string of the molecule is CC(=O)N[C@@H](CSc1nc2c(=O)[nH]c(N)nc2n1C1O[C@@H]2COP(O)O[C@H]2[C@H]1O)C(=O)NCCCOCCOCCOCCCNC(=O)C[C@@H]1N=C(c2ccc(Cl)cc2)c2c(sc(C)c2C)-n2c(C)nnc21.O. The van der Waals surface area contributed by atoms with E-state index in [1.165, 1.54) is 16.4 Å². The summed E-state index contributed by atoms with van der Waals surface area (Å²) in [6.07, 6.45) is -3.00. The minimum atomic E-state index is -2.22. The number of thiophene rings is 1. The Hall–Kier alpha value is -5.00. The topological polar surface area (TPSA) is 347 Å². The van der Waals surface area contributed by atoms with Crippen molar-refractivity contribution in [1.29, 1.82) is 0 Å². The molecule has 0 spiro atoms. The van der Waals surface area contributed by atoms with Crippen LogP contribution in [0.1, 0.15) is 71.7 Å². The maximum absolute atomic E-state index is 13.3. The van der Waals surface area contributed by atoms with Gasteiger partial charge in [-0.15, -0.1) is 21.5 Å². The Morgan fingerprint density at radius 2 is 1.71 bits per heavy atom. The molecule has 2 unspecified atom stereocenters. The number of ether oxygens (including phenoxy) is 4. The molecule has 0 saturated carbocycles. The number of nitrogens with one attached hydrogen (secondary N) is 4. The first kappa shape index (κ1) is 55.7. The largest absolute Gasteiger partial charge is 0.412 e. The number of carbonyl (C=O) groups is 3. The number of nitrogens with zero attached hydrogens (tertiary/aromatic N) is 7. The number of imidazole rings is 1. The number of anilines is 1. The molecule has 4 aromatic heterocycles. The van der Waals surface area contributed by atoms with E-state index in [9.17, 15) is 29.2 Å². The molecule has 396 valence electrons. The fourth-order valence-electron chi connectivity index (χ4n) is 8.20. The number of thioether (sulfide) groups is 1. The number of aliphatic hydroxyl groups excluding tert-OH is 1. The van der Waals surface area contributed by atoms with Gasteiger partial charge in [-0.2, -0.15) is 4.98 Å². The summed E-state index contributed by atoms with van der Waals surface area (Å²) in [5, 5.41) is 30.2. The van der Waals surface area contributed by atoms with Crippen LogP contribution in [0.15, 0.2) is 39.2 Å². The van der Waals surface area contributed by atoms with E-state index in [-0.39, 0.29) is 59.0 Å². The van der Waals surface area contributed by atoms with Crippen molar-refractivity contribution in [2.24, 2.45) is 4.99 Å². The summed E-state index contributed by atoms with van der Waals surface area (Å²) in [7, 11) is -2.22. The van der Waals surface area contributed by atoms with Crippen LogP contribution in [0.5, 0.6) is 0 Å². The molecule has 29 heteroatoms. The molecule has 2 saturated heterocycles. The first-order valence-electron chi connectivity index (χ1n) is 23.1. The number of aryl methyl sites for hydroxylation is 2. The quantitative estimate of drug-likeness (QED) is 0.0278. The molecule has 2 fully saturated rings. The highest BCUT2D eigenvalue weighted by molar-refractivity contribution is 7.99. The summed E-state index contributed by atoms with van der Waals surface area (Å²) >= 11 is 8.90. The molecule has 8 rings (SSSR count). The average Bonchev–Trinajstić information content (AvgIpc) is 4.06. The van der Waals surface area contributed by atoms with Gasteiger partial charge in [-0.1, -0.05) is 35.5 Å². The van der Waals surface area contributed by atoms with Crippen LogP contribution in [-0.2, 0) is 42.4 Å². The molecule has 0 radical (unpaired) electrons. The van der Waals surface area contributed by atoms with Crippen molar-refractivity contribution in [2.75, 3.05) is 70.8 Å². The van der Waals surface area contributed by atoms with Crippen molar-refractivity contribution >= 4 is 83.8 Å². The molecule has 3 aliphatic heterocycles. The zero-order valence-electron chi connectivity index (χ0n) is 40.3. The first-order valence-corrected chi connectivity index (χ1v) is 26.4. The van der Waals surface area contributed by atoms with E-state index >= 15 is 0 Å². The number of nitrogen functional groups attached to an aromatic ring is 1. The third-order valence-electron chi connectivity index (χ3n) is 11.8. The van der Waals surface area contributed by atoms with E-state index in [4.69, 9.17) is 50.3 Å². The van der Waals surface area contributed by atoms with Crippen molar-refractivity contribution in [2.45, 2.75) is 88.7 Å². The highest BCUT2D eigenvalue weighted by Gasteiger charge is 2.51. The number of nitrogens with two attached hydrogens (primary N) is 1. The Morgan fingerprint density at radius 1 is 1.03 bits per heavy atom. The van der Waals surface area contributed by atoms with Crippen LogP contribution >= 0.6 is 43.3 Å². The standard InChI is InChI=1S/C44H56ClN12O12PS2.H2O/c1-22-23(2)72-42-32(22)33(26-7-9-27(45)10-8-26)50-28(37-55-54-24(3)56(37)42)19-31(59)47-11-5-13-64-15-17-66-18-16-65-14-6-12-48-39(61)29(49-25(4)58)21-71-44-51-34-38(52-43(46)53-40(34)62)57(44)41-35(60)36-30(68-41)20-67-70(63)69-36;/h7-10,28-30,35-36,41,60,63H,5-6,11-21H2,1-4H3,(H,47,59)(H,48,61)(H,49,58)(H3,46,52,53,62);1H2/t28-,29-,30+,35+,36+,41?,70?;/m0./s1. The van der Waals surface area contributed by atoms with Crippen molar-refractivity contribution < 1.29 is 57.9 Å². The molecule has 73 heavy (non-hydrogen) atoms. The molecular weight excluding hydrogens is 1040 g/mol. The summed E-state index contributed by atoms with van der Waals surface area (Å²) in [6.45, 7) is 10.1. The fourth-order valence-corrected chi connectivity index (χ4v) is 11.4. The number of hydrogen-bond donors (Lipinski definition) is 7. The van der Waals surface area contributed by atoms with E-state index in [0.29, 0.717) is 69.9 Å². The number of hydrogen-bond acceptors (Lipinski definition) is 20. The molecule has 10 N–H and O–H groups in total. The summed E-state index contributed by atoms with van der Waals surface area (Å²) in [4.78, 5) is 78.7. The molecule has 0 bridgehead atoms. The van der Waals surface area contributed by atoms with Crippen LogP contribution in [-0.4, -0.2) is 163 Å². The normalized spacial score (nSPS) is 20.6. The predicted molar refractivity (Wildman–Crippen MR) is 270 cm³/mol. The highest BCUT2D eigenvalue weighted by Crippen LogP contribution is 2.47. The first-order chi connectivity index (χ1) is 34.7. The number of amides is 3. The molecule has 1 aromatic carbocycles. The summed E-state index contributed by atoms with van der Waals surface area (Å²) in [5.41, 5.74) is 8.94. The zero-order chi connectivity index (χ0) is 51.1. The number of aromatic nitrogens is 7. The van der Waals surface area contributed by atoms with Gasteiger partial charge in [0.25, 0.3) is 5.56 Å². The monoisotopic (exact) mass is 1090 g/mol. The number of carbonyl (C=O) groups excluding carboxylic acids is 3. The number of aliphatic imine (C=N–C) groups is 1. The number of fused-ring (bicyclic) bond motifs is 5. The number of benzene rings is 1. The van der Waals surface area contributed by atoms with Crippen molar-refractivity contribution in [1.82, 2.24) is 50.2 Å². The van der Waals surface area contributed by atoms with Gasteiger partial charge in [-0.3, -0.25) is 38.3 Å². The average molecular weight is 1090 g/mol. The summed E-state index contributed by atoms with van der Waals surface area (Å²) < 4.78 is 37.0. The van der Waals surface area contributed by atoms with Crippen LogP contribution in [0.3, 0.4) is 0 Å². The molecular formula is C44H58ClN12O13PS2. The van der Waals surface area contributed by atoms with Crippen LogP contribution in [0.25, 0.3) is 16.2 Å². The molecule has 7 atom stereocenters. The van der Waals surface area contributed by atoms with Gasteiger partial charge < -0.3 is 65.2 Å². The maximum Gasteiger partial charge on any atom is 0.330 e. The lowest BCUT2D eigenvalue weighted by Gasteiger charge is -2.27. The lowest BCUT2D eigenvalue weighted by Crippen LogP contribution is -2.48. The van der Waals surface area contributed by atoms with Crippen LogP contribution < -0.4 is 27.2 Å². The maximum atomic E-state index is 13.3. The van der Waals surface area contributed by atoms with Gasteiger partial charge in [0.15, 0.2) is 28.4 Å². The second-order valence-electron chi connectivity index (χ2n) is 16.9. The Bertz CT molecular complexity index is 2830. The highest BCUT2D eigenvalue weighted by atomic mass is 35.5. The van der Waals surface area contributed by atoms with Crippen molar-refractivity contribution in [3.05, 3.63) is 72.9 Å². The summed E-state index contributed by atoms with van der Waals surface area (Å²) in [6, 6.07) is 5.98. The van der Waals surface area contributed by atoms with Gasteiger partial charge in [0.05, 0.1) is 45.2 Å². The molecule has 25 nitrogen and oxygen atoms in total. The van der Waals surface area contributed by atoms with E-state index in [0.717, 1.165) is 45.0 Å². The number of halogens is 1. The Balaban J connectivity index is 0.00000780. The lowest BCUT2D eigenvalue weighted by atomic mass is 9.99. The van der Waals surface area contributed by atoms with E-state index in [2.05, 4.69) is 54.9 Å². The number of rotatable bonds is 23. The predicted octanol–water partition coefficient (Wildman–Crippen LogP) is 1.63. The number of aliphatic hydroxyl groups is 1. The minimum Gasteiger partial charge on any atom is -0.412 e. The van der Waals surface area contributed by atoms with Gasteiger partial charge in [-0.25, -0.2) is 4.98 Å². The number of H-pyrrole nitrogens is 1. The van der Waals surface area contributed by atoms with E-state index in [1.807, 2.05) is 35.8 Å². The van der Waals surface area contributed by atoms with E-state index < -0.39 is 62.6 Å². The second kappa shape index (κ2) is 25.5. The molecule has 3 amide bonds. The fraction of sp³-hybridized carbons (Fsp3) is 0.523. The summed E-state index contributed by atoms with van der Waals surface area (Å²) in [5.74, 6) is 0.0401. The van der Waals surface area contributed by atoms with Crippen LogP contribution in [0, 0.1) is 20.8 Å². The second-order valence-corrected chi connectivity index (χ2v) is 20.5. The molecule has 7 heterocycles. The van der Waals surface area contributed by atoms with Crippen LogP contribution in [0.2, 0.25) is 5.02 Å². The van der Waals surface area contributed by atoms with Crippen molar-refractivity contribution in [3.63, 3.8) is 0 Å². The van der Waals surface area contributed by atoms with Gasteiger partial charge in [0.2, 0.25) is 23.7 Å². The van der Waals surface area contributed by atoms with Gasteiger partial charge in [-0.05, 0) is 51.3 Å². The molecule has 5 aromatic rings. The Labute approximate surface area is 432 Å². The van der Waals surface area contributed by atoms with Gasteiger partial charge in [0, 0.05) is 60.0 Å². The molecule has 0 aliphatic carbocycles. The molecule has 3 aliphatic rings. The van der Waals surface area contributed by atoms with Gasteiger partial charge in [0.1, 0.15) is 41.2 Å². The van der Waals surface area contributed by atoms with E-state index in [1.54, 1.807) is 11.3 Å². The smallest absolute Gasteiger partial charge is 0.330 e. The third kappa shape index (κ3) is 13.3. The van der Waals surface area contributed by atoms with Gasteiger partial charge >= 0.3 is 8.60 Å². The Kier molecular flexibility index (Phi) is 19.5. The minimum absolute atomic E-state index is 0. The lowest BCUT2D eigenvalue weighted by molar-refractivity contribution is -0.127. The zero-order valence-corrected chi connectivity index (χ0v) is 43.6. The number of aromatic amines is 1. The van der Waals surface area contributed by atoms with Crippen LogP contribution in [0.4, 0.5) is 5.95 Å². The van der Waals surface area contributed by atoms with Crippen molar-refractivity contribution in [3.8, 4) is 5.00 Å². The third-order valence-corrected chi connectivity index (χ3v) is 15.1. The Morgan fingerprint density at radius 3 is 2.41 bits per heavy atom.